The Morgan fingerprint density at radius 2 is 2.24 bits per heavy atom. The molecule has 5 nitrogen and oxygen atoms in total. The molecule has 5 heteroatoms. The highest BCUT2D eigenvalue weighted by Gasteiger charge is 2.22. The van der Waals surface area contributed by atoms with Crippen LogP contribution in [0.15, 0.2) is 59.2 Å². The standard InChI is InChI=1S/C20H18N2O3/c23-20-16(11-14-5-9-24-13-14)2-1-15-12-17(3-4-18(15)20)25-10-6-19-21-7-8-22-19/h3-5,7-9,11-13H,1-2,6,10H2,(H,21,22). The fraction of sp³-hybridized carbons (Fsp3) is 0.200. The summed E-state index contributed by atoms with van der Waals surface area (Å²) in [6, 6.07) is 7.55. The van der Waals surface area contributed by atoms with Crippen LogP contribution in [0.4, 0.5) is 0 Å². The van der Waals surface area contributed by atoms with Crippen molar-refractivity contribution in [2.24, 2.45) is 0 Å². The maximum atomic E-state index is 12.7. The third-order valence-corrected chi connectivity index (χ3v) is 4.32. The van der Waals surface area contributed by atoms with E-state index in [1.165, 1.54) is 0 Å². The maximum absolute atomic E-state index is 12.7. The van der Waals surface area contributed by atoms with Crippen molar-refractivity contribution >= 4 is 11.9 Å². The lowest BCUT2D eigenvalue weighted by atomic mass is 9.86. The largest absolute Gasteiger partial charge is 0.493 e. The molecule has 25 heavy (non-hydrogen) atoms. The average Bonchev–Trinajstić information content (AvgIpc) is 3.31. The summed E-state index contributed by atoms with van der Waals surface area (Å²) < 4.78 is 10.9. The minimum Gasteiger partial charge on any atom is -0.493 e. The van der Waals surface area contributed by atoms with Gasteiger partial charge in [0.2, 0.25) is 0 Å². The number of aryl methyl sites for hydroxylation is 1. The van der Waals surface area contributed by atoms with Gasteiger partial charge in [0.15, 0.2) is 5.78 Å². The first-order valence-electron chi connectivity index (χ1n) is 8.31. The Labute approximate surface area is 145 Å². The molecule has 2 heterocycles. The van der Waals surface area contributed by atoms with E-state index in [-0.39, 0.29) is 5.78 Å². The quantitative estimate of drug-likeness (QED) is 0.720. The minimum absolute atomic E-state index is 0.0876. The Balaban J connectivity index is 1.46. The number of hydrogen-bond donors (Lipinski definition) is 1. The van der Waals surface area contributed by atoms with Gasteiger partial charge in [-0.2, -0.15) is 0 Å². The lowest BCUT2D eigenvalue weighted by molar-refractivity contribution is 0.102. The van der Waals surface area contributed by atoms with E-state index in [1.807, 2.05) is 30.3 Å². The Morgan fingerprint density at radius 3 is 3.04 bits per heavy atom. The molecule has 0 atom stereocenters. The van der Waals surface area contributed by atoms with E-state index in [2.05, 4.69) is 9.97 Å². The van der Waals surface area contributed by atoms with Gasteiger partial charge in [-0.3, -0.25) is 4.79 Å². The van der Waals surface area contributed by atoms with Gasteiger partial charge in [-0.15, -0.1) is 0 Å². The second-order valence-corrected chi connectivity index (χ2v) is 6.01. The molecule has 1 aliphatic rings. The number of imidazole rings is 1. The number of furan rings is 1. The highest BCUT2D eigenvalue weighted by Crippen LogP contribution is 2.29. The minimum atomic E-state index is 0.0876. The van der Waals surface area contributed by atoms with Gasteiger partial charge in [0.05, 0.1) is 19.1 Å². The summed E-state index contributed by atoms with van der Waals surface area (Å²) in [5, 5.41) is 0. The number of benzene rings is 1. The molecule has 0 aliphatic heterocycles. The van der Waals surface area contributed by atoms with Crippen LogP contribution in [0, 0.1) is 0 Å². The Bertz CT molecular complexity index is 893. The normalized spacial score (nSPS) is 15.4. The van der Waals surface area contributed by atoms with Crippen molar-refractivity contribution in [2.75, 3.05) is 6.61 Å². The Kier molecular flexibility index (Phi) is 4.21. The maximum Gasteiger partial charge on any atom is 0.189 e. The van der Waals surface area contributed by atoms with Gasteiger partial charge >= 0.3 is 0 Å². The van der Waals surface area contributed by atoms with Gasteiger partial charge < -0.3 is 14.1 Å². The summed E-state index contributed by atoms with van der Waals surface area (Å²) in [7, 11) is 0. The summed E-state index contributed by atoms with van der Waals surface area (Å²) in [4.78, 5) is 19.9. The van der Waals surface area contributed by atoms with E-state index < -0.39 is 0 Å². The van der Waals surface area contributed by atoms with Crippen molar-refractivity contribution in [3.63, 3.8) is 0 Å². The molecule has 0 fully saturated rings. The topological polar surface area (TPSA) is 68.1 Å². The summed E-state index contributed by atoms with van der Waals surface area (Å²) in [5.41, 5.74) is 3.55. The number of rotatable bonds is 5. The number of carbonyl (C=O) groups is 1. The monoisotopic (exact) mass is 334 g/mol. The van der Waals surface area contributed by atoms with Crippen LogP contribution < -0.4 is 4.74 Å². The van der Waals surface area contributed by atoms with E-state index in [1.54, 1.807) is 24.9 Å². The zero-order valence-electron chi connectivity index (χ0n) is 13.7. The van der Waals surface area contributed by atoms with E-state index >= 15 is 0 Å². The number of aromatic nitrogens is 2. The molecule has 0 unspecified atom stereocenters. The number of nitrogens with one attached hydrogen (secondary N) is 1. The van der Waals surface area contributed by atoms with E-state index in [0.29, 0.717) is 6.61 Å². The van der Waals surface area contributed by atoms with Gasteiger partial charge in [0.1, 0.15) is 11.6 Å². The van der Waals surface area contributed by atoms with Crippen LogP contribution in [-0.4, -0.2) is 22.4 Å². The number of fused-ring (bicyclic) bond motifs is 1. The zero-order chi connectivity index (χ0) is 17.1. The zero-order valence-corrected chi connectivity index (χ0v) is 13.7. The van der Waals surface area contributed by atoms with Crippen LogP contribution in [0.3, 0.4) is 0 Å². The summed E-state index contributed by atoms with van der Waals surface area (Å²) in [5.74, 6) is 1.78. The van der Waals surface area contributed by atoms with Gasteiger partial charge in [0, 0.05) is 35.5 Å². The van der Waals surface area contributed by atoms with Gasteiger partial charge in [-0.1, -0.05) is 0 Å². The van der Waals surface area contributed by atoms with E-state index in [9.17, 15) is 4.79 Å². The predicted octanol–water partition coefficient (Wildman–Crippen LogP) is 3.84. The smallest absolute Gasteiger partial charge is 0.189 e. The molecule has 1 N–H and O–H groups in total. The van der Waals surface area contributed by atoms with Crippen LogP contribution in [0.5, 0.6) is 5.75 Å². The summed E-state index contributed by atoms with van der Waals surface area (Å²) in [6.45, 7) is 0.548. The fourth-order valence-corrected chi connectivity index (χ4v) is 3.04. The number of ketones is 1. The van der Waals surface area contributed by atoms with E-state index in [0.717, 1.165) is 53.1 Å². The molecule has 0 saturated heterocycles. The number of allylic oxidation sites excluding steroid dienone is 1. The molecule has 0 bridgehead atoms. The number of ether oxygens (including phenoxy) is 1. The first kappa shape index (κ1) is 15.4. The molecular formula is C20H18N2O3. The Hall–Kier alpha value is -3.08. The van der Waals surface area contributed by atoms with Crippen molar-refractivity contribution in [2.45, 2.75) is 19.3 Å². The van der Waals surface area contributed by atoms with Gasteiger partial charge in [0.25, 0.3) is 0 Å². The first-order chi connectivity index (χ1) is 12.3. The van der Waals surface area contributed by atoms with E-state index in [4.69, 9.17) is 9.15 Å². The summed E-state index contributed by atoms with van der Waals surface area (Å²) >= 11 is 0. The van der Waals surface area contributed by atoms with Crippen LogP contribution >= 0.6 is 0 Å². The number of aromatic amines is 1. The van der Waals surface area contributed by atoms with Crippen LogP contribution in [0.2, 0.25) is 0 Å². The molecule has 0 saturated carbocycles. The van der Waals surface area contributed by atoms with Crippen LogP contribution in [0.25, 0.3) is 6.08 Å². The molecule has 0 radical (unpaired) electrons. The van der Waals surface area contributed by atoms with Crippen molar-refractivity contribution in [3.05, 3.63) is 77.3 Å². The third-order valence-electron chi connectivity index (χ3n) is 4.32. The highest BCUT2D eigenvalue weighted by atomic mass is 16.5. The molecular weight excluding hydrogens is 316 g/mol. The summed E-state index contributed by atoms with van der Waals surface area (Å²) in [6.07, 6.45) is 11.0. The SMILES string of the molecule is O=C1C(=Cc2ccoc2)CCc2cc(OCCc3ncc[nH]3)ccc21. The van der Waals surface area contributed by atoms with Crippen LogP contribution in [0.1, 0.15) is 33.7 Å². The lowest BCUT2D eigenvalue weighted by Gasteiger charge is -2.18. The second kappa shape index (κ2) is 6.81. The van der Waals surface area contributed by atoms with Gasteiger partial charge in [-0.25, -0.2) is 4.98 Å². The molecule has 1 aliphatic carbocycles. The molecule has 0 spiro atoms. The van der Waals surface area contributed by atoms with Gasteiger partial charge in [-0.05, 0) is 48.7 Å². The van der Waals surface area contributed by atoms with Crippen LogP contribution in [-0.2, 0) is 12.8 Å². The molecule has 4 rings (SSSR count). The van der Waals surface area contributed by atoms with Crippen molar-refractivity contribution < 1.29 is 13.9 Å². The predicted molar refractivity (Wildman–Crippen MR) is 93.6 cm³/mol. The fourth-order valence-electron chi connectivity index (χ4n) is 3.04. The van der Waals surface area contributed by atoms with Crippen molar-refractivity contribution in [1.82, 2.24) is 9.97 Å². The molecule has 3 aromatic rings. The lowest BCUT2D eigenvalue weighted by Crippen LogP contribution is -2.14. The highest BCUT2D eigenvalue weighted by molar-refractivity contribution is 6.13. The molecule has 126 valence electrons. The third kappa shape index (κ3) is 3.40. The number of hydrogen-bond acceptors (Lipinski definition) is 4. The number of H-pyrrole nitrogens is 1. The number of nitrogens with zero attached hydrogens (tertiary/aromatic N) is 1. The molecule has 2 aromatic heterocycles. The molecule has 1 aromatic carbocycles. The van der Waals surface area contributed by atoms with Crippen molar-refractivity contribution in [3.8, 4) is 5.75 Å². The number of Topliss-reactive ketones (excluding diaryl/α,β-unsaturated/α-hetero) is 1. The number of carbonyl (C=O) groups excluding carboxylic acids is 1. The molecule has 0 amide bonds. The first-order valence-corrected chi connectivity index (χ1v) is 8.31. The second-order valence-electron chi connectivity index (χ2n) is 6.01. The Morgan fingerprint density at radius 1 is 1.28 bits per heavy atom. The van der Waals surface area contributed by atoms with Crippen molar-refractivity contribution in [1.29, 1.82) is 0 Å². The average molecular weight is 334 g/mol.